The molecular formula is C12H20N2O3S. The highest BCUT2D eigenvalue weighted by Crippen LogP contribution is 2.11. The number of aliphatic hydroxyl groups excluding tert-OH is 1. The first-order chi connectivity index (χ1) is 8.71. The maximum atomic E-state index is 11.4. The fourth-order valence-corrected chi connectivity index (χ4v) is 2.21. The lowest BCUT2D eigenvalue weighted by atomic mass is 10.2. The number of nitrogens with zero attached hydrogens (tertiary/aromatic N) is 1. The van der Waals surface area contributed by atoms with Gasteiger partial charge in [0.05, 0.1) is 18.2 Å². The Kier molecular flexibility index (Phi) is 6.85. The molecule has 1 rings (SSSR count). The molecule has 0 saturated heterocycles. The summed E-state index contributed by atoms with van der Waals surface area (Å²) < 4.78 is 4.88. The zero-order valence-electron chi connectivity index (χ0n) is 10.8. The van der Waals surface area contributed by atoms with Crippen molar-refractivity contribution in [1.82, 2.24) is 10.3 Å². The van der Waals surface area contributed by atoms with Gasteiger partial charge in [-0.3, -0.25) is 0 Å². The molecular weight excluding hydrogens is 252 g/mol. The molecule has 6 heteroatoms. The molecule has 1 aromatic heterocycles. The third-order valence-electron chi connectivity index (χ3n) is 2.52. The third kappa shape index (κ3) is 4.72. The van der Waals surface area contributed by atoms with E-state index in [0.717, 1.165) is 24.4 Å². The lowest BCUT2D eigenvalue weighted by Crippen LogP contribution is -2.33. The first-order valence-corrected chi connectivity index (χ1v) is 7.05. The summed E-state index contributed by atoms with van der Waals surface area (Å²) in [5, 5.41) is 14.9. The van der Waals surface area contributed by atoms with Gasteiger partial charge in [0.2, 0.25) is 0 Å². The van der Waals surface area contributed by atoms with Crippen LogP contribution in [0.1, 0.15) is 35.8 Å². The summed E-state index contributed by atoms with van der Waals surface area (Å²) in [5.74, 6) is -0.366. The molecule has 0 amide bonds. The molecule has 0 spiro atoms. The molecule has 1 aromatic rings. The number of nitrogens with one attached hydrogen (secondary N) is 1. The van der Waals surface area contributed by atoms with Crippen molar-refractivity contribution in [3.63, 3.8) is 0 Å². The summed E-state index contributed by atoms with van der Waals surface area (Å²) in [6.45, 7) is 5.05. The number of esters is 1. The van der Waals surface area contributed by atoms with Crippen LogP contribution in [0.15, 0.2) is 5.38 Å². The van der Waals surface area contributed by atoms with Crippen molar-refractivity contribution < 1.29 is 14.6 Å². The fourth-order valence-electron chi connectivity index (χ4n) is 1.45. The average Bonchev–Trinajstić information content (AvgIpc) is 2.84. The number of rotatable bonds is 8. The van der Waals surface area contributed by atoms with E-state index in [-0.39, 0.29) is 18.6 Å². The second-order valence-corrected chi connectivity index (χ2v) is 4.78. The first kappa shape index (κ1) is 15.1. The molecule has 0 aromatic carbocycles. The number of thiazole rings is 1. The molecule has 5 nitrogen and oxygen atoms in total. The van der Waals surface area contributed by atoms with Gasteiger partial charge in [-0.25, -0.2) is 9.78 Å². The SMILES string of the molecule is CCOC(=O)c1csc(CCNC(CC)CO)n1. The molecule has 0 bridgehead atoms. The summed E-state index contributed by atoms with van der Waals surface area (Å²) >= 11 is 1.46. The van der Waals surface area contributed by atoms with E-state index in [2.05, 4.69) is 10.3 Å². The number of carbonyl (C=O) groups excluding carboxylic acids is 1. The average molecular weight is 272 g/mol. The predicted octanol–water partition coefficient (Wildman–Crippen LogP) is 1.22. The largest absolute Gasteiger partial charge is 0.461 e. The number of hydrogen-bond donors (Lipinski definition) is 2. The van der Waals surface area contributed by atoms with E-state index in [1.807, 2.05) is 6.92 Å². The zero-order chi connectivity index (χ0) is 13.4. The maximum Gasteiger partial charge on any atom is 0.357 e. The van der Waals surface area contributed by atoms with Gasteiger partial charge in [0.15, 0.2) is 5.69 Å². The van der Waals surface area contributed by atoms with Crippen molar-refractivity contribution in [3.05, 3.63) is 16.1 Å². The van der Waals surface area contributed by atoms with E-state index in [9.17, 15) is 4.79 Å². The second-order valence-electron chi connectivity index (χ2n) is 3.84. The van der Waals surface area contributed by atoms with Crippen LogP contribution in [0.3, 0.4) is 0 Å². The summed E-state index contributed by atoms with van der Waals surface area (Å²) in [5.41, 5.74) is 0.381. The van der Waals surface area contributed by atoms with E-state index in [1.54, 1.807) is 12.3 Å². The number of ether oxygens (including phenoxy) is 1. The summed E-state index contributed by atoms with van der Waals surface area (Å²) in [6.07, 6.45) is 1.64. The van der Waals surface area contributed by atoms with Crippen LogP contribution in [0.4, 0.5) is 0 Å². The standard InChI is InChI=1S/C12H20N2O3S/c1-3-9(7-15)13-6-5-11-14-10(8-18-11)12(16)17-4-2/h8-9,13,15H,3-7H2,1-2H3. The first-order valence-electron chi connectivity index (χ1n) is 6.17. The van der Waals surface area contributed by atoms with E-state index in [0.29, 0.717) is 12.3 Å². The summed E-state index contributed by atoms with van der Waals surface area (Å²) in [7, 11) is 0. The van der Waals surface area contributed by atoms with Crippen molar-refractivity contribution in [1.29, 1.82) is 0 Å². The van der Waals surface area contributed by atoms with Crippen LogP contribution in [0, 0.1) is 0 Å². The molecule has 1 heterocycles. The van der Waals surface area contributed by atoms with Crippen molar-refractivity contribution >= 4 is 17.3 Å². The molecule has 2 N–H and O–H groups in total. The molecule has 0 aliphatic carbocycles. The molecule has 0 radical (unpaired) electrons. The van der Waals surface area contributed by atoms with Gasteiger partial charge in [0, 0.05) is 24.4 Å². The minimum atomic E-state index is -0.366. The van der Waals surface area contributed by atoms with Crippen LogP contribution in [-0.2, 0) is 11.2 Å². The number of aliphatic hydroxyl groups is 1. The van der Waals surface area contributed by atoms with Gasteiger partial charge in [0.25, 0.3) is 0 Å². The van der Waals surface area contributed by atoms with Crippen LogP contribution in [0.2, 0.25) is 0 Å². The van der Waals surface area contributed by atoms with Gasteiger partial charge in [0.1, 0.15) is 0 Å². The Morgan fingerprint density at radius 3 is 3.00 bits per heavy atom. The summed E-state index contributed by atoms with van der Waals surface area (Å²) in [6, 6.07) is 0.134. The van der Waals surface area contributed by atoms with Crippen molar-refractivity contribution in [3.8, 4) is 0 Å². The van der Waals surface area contributed by atoms with Gasteiger partial charge in [-0.15, -0.1) is 11.3 Å². The van der Waals surface area contributed by atoms with Crippen LogP contribution >= 0.6 is 11.3 Å². The fraction of sp³-hybridized carbons (Fsp3) is 0.667. The topological polar surface area (TPSA) is 71.5 Å². The van der Waals surface area contributed by atoms with Crippen LogP contribution in [0.5, 0.6) is 0 Å². The van der Waals surface area contributed by atoms with Crippen LogP contribution in [0.25, 0.3) is 0 Å². The Balaban J connectivity index is 2.37. The van der Waals surface area contributed by atoms with Crippen LogP contribution in [-0.4, -0.2) is 41.9 Å². The Morgan fingerprint density at radius 2 is 2.39 bits per heavy atom. The van der Waals surface area contributed by atoms with E-state index >= 15 is 0 Å². The molecule has 102 valence electrons. The predicted molar refractivity (Wildman–Crippen MR) is 70.9 cm³/mol. The minimum absolute atomic E-state index is 0.134. The highest BCUT2D eigenvalue weighted by Gasteiger charge is 2.11. The minimum Gasteiger partial charge on any atom is -0.461 e. The van der Waals surface area contributed by atoms with E-state index < -0.39 is 0 Å². The zero-order valence-corrected chi connectivity index (χ0v) is 11.6. The molecule has 0 fully saturated rings. The Morgan fingerprint density at radius 1 is 1.61 bits per heavy atom. The lowest BCUT2D eigenvalue weighted by Gasteiger charge is -2.12. The monoisotopic (exact) mass is 272 g/mol. The molecule has 18 heavy (non-hydrogen) atoms. The highest BCUT2D eigenvalue weighted by molar-refractivity contribution is 7.09. The normalized spacial score (nSPS) is 12.4. The highest BCUT2D eigenvalue weighted by atomic mass is 32.1. The third-order valence-corrected chi connectivity index (χ3v) is 3.43. The maximum absolute atomic E-state index is 11.4. The van der Waals surface area contributed by atoms with Crippen LogP contribution < -0.4 is 5.32 Å². The van der Waals surface area contributed by atoms with Crippen molar-refractivity contribution in [2.45, 2.75) is 32.7 Å². The molecule has 1 atom stereocenters. The number of carbonyl (C=O) groups is 1. The quantitative estimate of drug-likeness (QED) is 0.696. The Bertz CT molecular complexity index is 364. The number of hydrogen-bond acceptors (Lipinski definition) is 6. The van der Waals surface area contributed by atoms with E-state index in [1.165, 1.54) is 11.3 Å². The number of aromatic nitrogens is 1. The lowest BCUT2D eigenvalue weighted by molar-refractivity contribution is 0.0520. The van der Waals surface area contributed by atoms with Gasteiger partial charge >= 0.3 is 5.97 Å². The molecule has 0 saturated carbocycles. The molecule has 0 aliphatic rings. The van der Waals surface area contributed by atoms with Gasteiger partial charge < -0.3 is 15.2 Å². The van der Waals surface area contributed by atoms with Gasteiger partial charge in [-0.05, 0) is 13.3 Å². The second kappa shape index (κ2) is 8.18. The van der Waals surface area contributed by atoms with Gasteiger partial charge in [-0.2, -0.15) is 0 Å². The molecule has 0 aliphatic heterocycles. The molecule has 1 unspecified atom stereocenters. The Hall–Kier alpha value is -0.980. The van der Waals surface area contributed by atoms with Gasteiger partial charge in [-0.1, -0.05) is 6.92 Å². The Labute approximate surface area is 111 Å². The van der Waals surface area contributed by atoms with Crippen molar-refractivity contribution in [2.24, 2.45) is 0 Å². The van der Waals surface area contributed by atoms with Crippen molar-refractivity contribution in [2.75, 3.05) is 19.8 Å². The van der Waals surface area contributed by atoms with E-state index in [4.69, 9.17) is 9.84 Å². The summed E-state index contributed by atoms with van der Waals surface area (Å²) in [4.78, 5) is 15.6. The smallest absolute Gasteiger partial charge is 0.357 e.